The predicted octanol–water partition coefficient (Wildman–Crippen LogP) is 0.804. The summed E-state index contributed by atoms with van der Waals surface area (Å²) in [5, 5.41) is 0.582. The lowest BCUT2D eigenvalue weighted by Gasteiger charge is -2.08. The van der Waals surface area contributed by atoms with Crippen molar-refractivity contribution < 1.29 is 0 Å². The highest BCUT2D eigenvalue weighted by Crippen LogP contribution is 2.10. The first-order chi connectivity index (χ1) is 4.66. The highest BCUT2D eigenvalue weighted by atomic mass is 32.2. The molecule has 0 aliphatic heterocycles. The molecule has 4 N–H and O–H groups in total. The normalized spacial score (nSPS) is 16.8. The van der Waals surface area contributed by atoms with E-state index in [0.717, 1.165) is 18.7 Å². The van der Waals surface area contributed by atoms with Crippen molar-refractivity contribution in [2.75, 3.05) is 12.3 Å². The molecule has 0 aromatic carbocycles. The zero-order chi connectivity index (χ0) is 7.98. The fourth-order valence-electron chi connectivity index (χ4n) is 0.523. The highest BCUT2D eigenvalue weighted by molar-refractivity contribution is 7.99. The van der Waals surface area contributed by atoms with E-state index in [1.54, 1.807) is 0 Å². The van der Waals surface area contributed by atoms with E-state index in [4.69, 9.17) is 11.5 Å². The zero-order valence-corrected chi connectivity index (χ0v) is 7.66. The molecule has 0 aromatic heterocycles. The van der Waals surface area contributed by atoms with Gasteiger partial charge in [-0.15, -0.1) is 0 Å². The van der Waals surface area contributed by atoms with E-state index in [1.165, 1.54) is 0 Å². The van der Waals surface area contributed by atoms with Crippen molar-refractivity contribution in [1.29, 1.82) is 0 Å². The predicted molar refractivity (Wildman–Crippen MR) is 49.2 cm³/mol. The quantitative estimate of drug-likeness (QED) is 0.629. The minimum absolute atomic E-state index is 0.331. The summed E-state index contributed by atoms with van der Waals surface area (Å²) < 4.78 is 0. The number of rotatable bonds is 5. The van der Waals surface area contributed by atoms with Gasteiger partial charge in [0.15, 0.2) is 0 Å². The van der Waals surface area contributed by atoms with Gasteiger partial charge in [0.2, 0.25) is 0 Å². The van der Waals surface area contributed by atoms with Gasteiger partial charge in [0, 0.05) is 17.8 Å². The maximum atomic E-state index is 5.58. The van der Waals surface area contributed by atoms with E-state index in [1.807, 2.05) is 18.7 Å². The van der Waals surface area contributed by atoms with Crippen LogP contribution >= 0.6 is 11.8 Å². The molecule has 0 aliphatic carbocycles. The first-order valence-corrected chi connectivity index (χ1v) is 4.79. The van der Waals surface area contributed by atoms with Crippen LogP contribution in [0.1, 0.15) is 20.3 Å². The lowest BCUT2D eigenvalue weighted by molar-refractivity contribution is 0.720. The molecule has 62 valence electrons. The maximum absolute atomic E-state index is 5.58. The average molecular weight is 162 g/mol. The van der Waals surface area contributed by atoms with Crippen LogP contribution < -0.4 is 11.5 Å². The minimum Gasteiger partial charge on any atom is -0.329 e. The Balaban J connectivity index is 3.03. The van der Waals surface area contributed by atoms with E-state index in [-0.39, 0.29) is 0 Å². The Kier molecular flexibility index (Phi) is 6.17. The van der Waals surface area contributed by atoms with Crippen molar-refractivity contribution in [1.82, 2.24) is 0 Å². The topological polar surface area (TPSA) is 52.0 Å². The van der Waals surface area contributed by atoms with Crippen LogP contribution in [-0.2, 0) is 0 Å². The molecule has 2 nitrogen and oxygen atoms in total. The van der Waals surface area contributed by atoms with Gasteiger partial charge in [0.05, 0.1) is 0 Å². The molecule has 0 bridgehead atoms. The molecule has 2 unspecified atom stereocenters. The highest BCUT2D eigenvalue weighted by Gasteiger charge is 1.99. The van der Waals surface area contributed by atoms with Crippen LogP contribution in [0.3, 0.4) is 0 Å². The first kappa shape index (κ1) is 10.3. The molecule has 0 fully saturated rings. The summed E-state index contributed by atoms with van der Waals surface area (Å²) >= 11 is 1.90. The number of hydrogen-bond donors (Lipinski definition) is 2. The van der Waals surface area contributed by atoms with Crippen LogP contribution in [0.4, 0.5) is 0 Å². The van der Waals surface area contributed by atoms with Gasteiger partial charge < -0.3 is 11.5 Å². The first-order valence-electron chi connectivity index (χ1n) is 3.74. The zero-order valence-electron chi connectivity index (χ0n) is 6.84. The van der Waals surface area contributed by atoms with E-state index in [9.17, 15) is 0 Å². The van der Waals surface area contributed by atoms with Crippen molar-refractivity contribution in [2.24, 2.45) is 11.5 Å². The largest absolute Gasteiger partial charge is 0.329 e. The van der Waals surface area contributed by atoms with Gasteiger partial charge in [0.1, 0.15) is 0 Å². The second-order valence-electron chi connectivity index (χ2n) is 2.68. The van der Waals surface area contributed by atoms with Gasteiger partial charge in [0.25, 0.3) is 0 Å². The molecule has 0 aliphatic rings. The fourth-order valence-corrected chi connectivity index (χ4v) is 1.57. The number of hydrogen-bond acceptors (Lipinski definition) is 3. The Labute approximate surface area is 67.7 Å². The summed E-state index contributed by atoms with van der Waals surface area (Å²) in [5.41, 5.74) is 11.0. The van der Waals surface area contributed by atoms with Gasteiger partial charge in [-0.05, 0) is 19.1 Å². The maximum Gasteiger partial charge on any atom is 0.0141 e. The van der Waals surface area contributed by atoms with E-state index in [0.29, 0.717) is 11.3 Å². The number of nitrogens with two attached hydrogens (primary N) is 2. The Hall–Kier alpha value is 0.270. The van der Waals surface area contributed by atoms with Crippen molar-refractivity contribution in [3.8, 4) is 0 Å². The van der Waals surface area contributed by atoms with Crippen LogP contribution in [0.15, 0.2) is 0 Å². The van der Waals surface area contributed by atoms with E-state index in [2.05, 4.69) is 6.92 Å². The molecule has 0 saturated carbocycles. The molecule has 3 heteroatoms. The van der Waals surface area contributed by atoms with Crippen molar-refractivity contribution in [3.63, 3.8) is 0 Å². The molecule has 0 saturated heterocycles. The molecule has 2 atom stereocenters. The third-order valence-corrected chi connectivity index (χ3v) is 2.54. The van der Waals surface area contributed by atoms with Gasteiger partial charge in [-0.25, -0.2) is 0 Å². The molecule has 0 aromatic rings. The van der Waals surface area contributed by atoms with Gasteiger partial charge >= 0.3 is 0 Å². The fraction of sp³-hybridized carbons (Fsp3) is 1.00. The molecular formula is C7H18N2S. The summed E-state index contributed by atoms with van der Waals surface area (Å²) in [6.45, 7) is 4.95. The SMILES string of the molecule is CC(N)CCSC(C)CN. The Morgan fingerprint density at radius 2 is 2.00 bits per heavy atom. The molecule has 0 spiro atoms. The summed E-state index contributed by atoms with van der Waals surface area (Å²) in [6, 6.07) is 0.331. The monoisotopic (exact) mass is 162 g/mol. The molecule has 0 amide bonds. The number of thioether (sulfide) groups is 1. The van der Waals surface area contributed by atoms with Crippen LogP contribution in [-0.4, -0.2) is 23.6 Å². The summed E-state index contributed by atoms with van der Waals surface area (Å²) in [6.07, 6.45) is 1.09. The molecule has 0 heterocycles. The third-order valence-electron chi connectivity index (χ3n) is 1.31. The van der Waals surface area contributed by atoms with Crippen molar-refractivity contribution >= 4 is 11.8 Å². The molecular weight excluding hydrogens is 144 g/mol. The van der Waals surface area contributed by atoms with Gasteiger partial charge in [-0.2, -0.15) is 11.8 Å². The Morgan fingerprint density at radius 3 is 2.40 bits per heavy atom. The smallest absolute Gasteiger partial charge is 0.0141 e. The summed E-state index contributed by atoms with van der Waals surface area (Å²) in [7, 11) is 0. The lowest BCUT2D eigenvalue weighted by atomic mass is 10.3. The second-order valence-corrected chi connectivity index (χ2v) is 4.23. The summed E-state index contributed by atoms with van der Waals surface area (Å²) in [5.74, 6) is 1.13. The van der Waals surface area contributed by atoms with Gasteiger partial charge in [-0.1, -0.05) is 6.92 Å². The molecule has 10 heavy (non-hydrogen) atoms. The van der Waals surface area contributed by atoms with Crippen molar-refractivity contribution in [3.05, 3.63) is 0 Å². The Morgan fingerprint density at radius 1 is 1.40 bits per heavy atom. The summed E-state index contributed by atoms with van der Waals surface area (Å²) in [4.78, 5) is 0. The average Bonchev–Trinajstić information content (AvgIpc) is 1.87. The minimum atomic E-state index is 0.331. The second kappa shape index (κ2) is 6.01. The Bertz CT molecular complexity index is 76.0. The lowest BCUT2D eigenvalue weighted by Crippen LogP contribution is -2.18. The van der Waals surface area contributed by atoms with Crippen LogP contribution in [0, 0.1) is 0 Å². The van der Waals surface area contributed by atoms with E-state index < -0.39 is 0 Å². The molecule has 0 rings (SSSR count). The molecule has 0 radical (unpaired) electrons. The standard InChI is InChI=1S/C7H18N2S/c1-6(9)3-4-10-7(2)5-8/h6-7H,3-5,8-9H2,1-2H3. The van der Waals surface area contributed by atoms with Gasteiger partial charge in [-0.3, -0.25) is 0 Å². The van der Waals surface area contributed by atoms with E-state index >= 15 is 0 Å². The van der Waals surface area contributed by atoms with Crippen LogP contribution in [0.5, 0.6) is 0 Å². The van der Waals surface area contributed by atoms with Crippen LogP contribution in [0.25, 0.3) is 0 Å². The van der Waals surface area contributed by atoms with Crippen LogP contribution in [0.2, 0.25) is 0 Å². The third kappa shape index (κ3) is 6.39. The van der Waals surface area contributed by atoms with Crippen molar-refractivity contribution in [2.45, 2.75) is 31.6 Å².